The first kappa shape index (κ1) is 12.8. The highest BCUT2D eigenvalue weighted by Crippen LogP contribution is 2.25. The molecule has 18 heavy (non-hydrogen) atoms. The van der Waals surface area contributed by atoms with Crippen LogP contribution < -0.4 is 10.1 Å². The Balaban J connectivity index is 2.53. The molecule has 0 radical (unpaired) electrons. The lowest BCUT2D eigenvalue weighted by Gasteiger charge is -2.10. The first-order valence-corrected chi connectivity index (χ1v) is 6.25. The molecule has 0 saturated heterocycles. The Morgan fingerprint density at radius 2 is 1.94 bits per heavy atom. The van der Waals surface area contributed by atoms with Gasteiger partial charge in [-0.05, 0) is 50.2 Å². The zero-order valence-electron chi connectivity index (χ0n) is 11.5. The molecule has 0 unspecified atom stereocenters. The summed E-state index contributed by atoms with van der Waals surface area (Å²) in [6.07, 6.45) is 0.962. The molecule has 3 nitrogen and oxygen atoms in total. The molecular weight excluding hydrogens is 224 g/mol. The van der Waals surface area contributed by atoms with Crippen molar-refractivity contribution in [2.24, 2.45) is 0 Å². The van der Waals surface area contributed by atoms with E-state index in [2.05, 4.69) is 25.2 Å². The van der Waals surface area contributed by atoms with Crippen LogP contribution in [-0.4, -0.2) is 25.7 Å². The summed E-state index contributed by atoms with van der Waals surface area (Å²) < 4.78 is 5.30. The van der Waals surface area contributed by atoms with E-state index in [1.165, 1.54) is 11.3 Å². The minimum absolute atomic E-state index is 0.893. The minimum Gasteiger partial charge on any atom is -0.497 e. The lowest BCUT2D eigenvalue weighted by molar-refractivity contribution is 0.415. The summed E-state index contributed by atoms with van der Waals surface area (Å²) in [7, 11) is 3.66. The van der Waals surface area contributed by atoms with Crippen molar-refractivity contribution in [1.82, 2.24) is 10.3 Å². The third-order valence-electron chi connectivity index (χ3n) is 3.22. The quantitative estimate of drug-likeness (QED) is 0.897. The number of nitrogens with one attached hydrogen (secondary N) is 1. The first-order chi connectivity index (χ1) is 8.65. The second-order valence-corrected chi connectivity index (χ2v) is 4.62. The molecule has 2 rings (SSSR count). The molecule has 0 bridgehead atoms. The number of fused-ring (bicyclic) bond motifs is 1. The van der Waals surface area contributed by atoms with Gasteiger partial charge in [0.15, 0.2) is 0 Å². The van der Waals surface area contributed by atoms with E-state index in [-0.39, 0.29) is 0 Å². The average molecular weight is 244 g/mol. The normalized spacial score (nSPS) is 10.9. The van der Waals surface area contributed by atoms with Gasteiger partial charge in [-0.15, -0.1) is 0 Å². The van der Waals surface area contributed by atoms with Crippen LogP contribution in [0.5, 0.6) is 5.75 Å². The van der Waals surface area contributed by atoms with Crippen molar-refractivity contribution < 1.29 is 4.74 Å². The highest BCUT2D eigenvalue weighted by Gasteiger charge is 2.07. The van der Waals surface area contributed by atoms with Crippen LogP contribution in [0.1, 0.15) is 16.8 Å². The monoisotopic (exact) mass is 244 g/mol. The van der Waals surface area contributed by atoms with Gasteiger partial charge in [-0.2, -0.15) is 0 Å². The third-order valence-corrected chi connectivity index (χ3v) is 3.22. The van der Waals surface area contributed by atoms with E-state index < -0.39 is 0 Å². The molecule has 0 aliphatic carbocycles. The number of aromatic nitrogens is 1. The SMILES string of the molecule is CNCCc1nc2c(C)cc(OC)cc2cc1C. The van der Waals surface area contributed by atoms with Crippen molar-refractivity contribution in [3.05, 3.63) is 35.0 Å². The summed E-state index contributed by atoms with van der Waals surface area (Å²) in [5.41, 5.74) is 4.65. The van der Waals surface area contributed by atoms with Gasteiger partial charge in [0.25, 0.3) is 0 Å². The number of hydrogen-bond donors (Lipinski definition) is 1. The van der Waals surface area contributed by atoms with E-state index in [0.717, 1.165) is 35.2 Å². The van der Waals surface area contributed by atoms with Crippen LogP contribution in [0.25, 0.3) is 10.9 Å². The predicted molar refractivity (Wildman–Crippen MR) is 75.4 cm³/mol. The predicted octanol–water partition coefficient (Wildman–Crippen LogP) is 2.62. The summed E-state index contributed by atoms with van der Waals surface area (Å²) in [5.74, 6) is 0.893. The van der Waals surface area contributed by atoms with Crippen LogP contribution in [0.2, 0.25) is 0 Å². The molecule has 1 heterocycles. The summed E-state index contributed by atoms with van der Waals surface area (Å²) >= 11 is 0. The van der Waals surface area contributed by atoms with Gasteiger partial charge >= 0.3 is 0 Å². The van der Waals surface area contributed by atoms with Gasteiger partial charge in [-0.1, -0.05) is 0 Å². The van der Waals surface area contributed by atoms with Crippen LogP contribution in [0, 0.1) is 13.8 Å². The lowest BCUT2D eigenvalue weighted by atomic mass is 10.1. The van der Waals surface area contributed by atoms with Crippen molar-refractivity contribution in [2.75, 3.05) is 20.7 Å². The second-order valence-electron chi connectivity index (χ2n) is 4.62. The molecular formula is C15H20N2O. The molecule has 1 N–H and O–H groups in total. The number of methoxy groups -OCH3 is 1. The van der Waals surface area contributed by atoms with Crippen LogP contribution in [0.4, 0.5) is 0 Å². The number of aryl methyl sites for hydroxylation is 2. The van der Waals surface area contributed by atoms with Crippen molar-refractivity contribution in [3.8, 4) is 5.75 Å². The number of likely N-dealkylation sites (N-methyl/N-ethyl adjacent to an activating group) is 1. The molecule has 0 aliphatic rings. The highest BCUT2D eigenvalue weighted by atomic mass is 16.5. The summed E-state index contributed by atoms with van der Waals surface area (Å²) in [4.78, 5) is 4.79. The van der Waals surface area contributed by atoms with Gasteiger partial charge in [0.05, 0.1) is 12.6 Å². The zero-order chi connectivity index (χ0) is 13.1. The summed E-state index contributed by atoms with van der Waals surface area (Å²) in [6, 6.07) is 6.28. The maximum absolute atomic E-state index is 5.30. The Kier molecular flexibility index (Phi) is 3.82. The molecule has 0 fully saturated rings. The molecule has 3 heteroatoms. The van der Waals surface area contributed by atoms with E-state index in [9.17, 15) is 0 Å². The van der Waals surface area contributed by atoms with Gasteiger partial charge in [0.1, 0.15) is 5.75 Å². The topological polar surface area (TPSA) is 34.2 Å². The van der Waals surface area contributed by atoms with E-state index >= 15 is 0 Å². The van der Waals surface area contributed by atoms with Crippen molar-refractivity contribution >= 4 is 10.9 Å². The molecule has 0 atom stereocenters. The number of pyridine rings is 1. The zero-order valence-corrected chi connectivity index (χ0v) is 11.5. The van der Waals surface area contributed by atoms with Crippen molar-refractivity contribution in [2.45, 2.75) is 20.3 Å². The summed E-state index contributed by atoms with van der Waals surface area (Å²) in [6.45, 7) is 5.15. The number of rotatable bonds is 4. The first-order valence-electron chi connectivity index (χ1n) is 6.25. The van der Waals surface area contributed by atoms with E-state index in [1.54, 1.807) is 7.11 Å². The smallest absolute Gasteiger partial charge is 0.119 e. The molecule has 1 aromatic heterocycles. The Morgan fingerprint density at radius 1 is 1.17 bits per heavy atom. The number of hydrogen-bond acceptors (Lipinski definition) is 3. The highest BCUT2D eigenvalue weighted by molar-refractivity contribution is 5.84. The van der Waals surface area contributed by atoms with Crippen molar-refractivity contribution in [3.63, 3.8) is 0 Å². The summed E-state index contributed by atoms with van der Waals surface area (Å²) in [5, 5.41) is 4.31. The molecule has 0 aliphatic heterocycles. The third kappa shape index (κ3) is 2.46. The van der Waals surface area contributed by atoms with Gasteiger partial charge < -0.3 is 10.1 Å². The van der Waals surface area contributed by atoms with Gasteiger partial charge in [0, 0.05) is 24.0 Å². The van der Waals surface area contributed by atoms with Crippen LogP contribution in [0.3, 0.4) is 0 Å². The maximum atomic E-state index is 5.30. The fourth-order valence-electron chi connectivity index (χ4n) is 2.19. The largest absolute Gasteiger partial charge is 0.497 e. The van der Waals surface area contributed by atoms with Crippen LogP contribution >= 0.6 is 0 Å². The van der Waals surface area contributed by atoms with Crippen LogP contribution in [0.15, 0.2) is 18.2 Å². The fourth-order valence-corrected chi connectivity index (χ4v) is 2.19. The Bertz CT molecular complexity index is 564. The molecule has 0 spiro atoms. The Morgan fingerprint density at radius 3 is 2.61 bits per heavy atom. The van der Waals surface area contributed by atoms with Gasteiger partial charge in [-0.25, -0.2) is 0 Å². The molecule has 0 amide bonds. The maximum Gasteiger partial charge on any atom is 0.119 e. The van der Waals surface area contributed by atoms with Gasteiger partial charge in [-0.3, -0.25) is 4.98 Å². The second kappa shape index (κ2) is 5.36. The molecule has 2 aromatic rings. The molecule has 0 saturated carbocycles. The number of ether oxygens (including phenoxy) is 1. The number of benzene rings is 1. The Labute approximate surface area is 108 Å². The van der Waals surface area contributed by atoms with E-state index in [4.69, 9.17) is 9.72 Å². The standard InChI is InChI=1S/C15H20N2O/c1-10-7-12-9-13(18-4)8-11(2)15(12)17-14(10)5-6-16-3/h7-9,16H,5-6H2,1-4H3. The average Bonchev–Trinajstić information content (AvgIpc) is 2.36. The van der Waals surface area contributed by atoms with Crippen molar-refractivity contribution in [1.29, 1.82) is 0 Å². The van der Waals surface area contributed by atoms with Crippen LogP contribution in [-0.2, 0) is 6.42 Å². The van der Waals surface area contributed by atoms with E-state index in [1.807, 2.05) is 19.2 Å². The Hall–Kier alpha value is -1.61. The number of nitrogens with zero attached hydrogens (tertiary/aromatic N) is 1. The van der Waals surface area contributed by atoms with Gasteiger partial charge in [0.2, 0.25) is 0 Å². The van der Waals surface area contributed by atoms with E-state index in [0.29, 0.717) is 0 Å². The minimum atomic E-state index is 0.893. The molecule has 96 valence electrons. The fraction of sp³-hybridized carbons (Fsp3) is 0.400. The lowest BCUT2D eigenvalue weighted by Crippen LogP contribution is -2.12. The molecule has 1 aromatic carbocycles.